The van der Waals surface area contributed by atoms with Gasteiger partial charge in [0.15, 0.2) is 0 Å². The summed E-state index contributed by atoms with van der Waals surface area (Å²) in [7, 11) is 0. The molecule has 0 atom stereocenters. The Hall–Kier alpha value is -9.88. The van der Waals surface area contributed by atoms with Crippen molar-refractivity contribution in [3.05, 3.63) is 230 Å². The third-order valence-corrected chi connectivity index (χ3v) is 14.8. The summed E-state index contributed by atoms with van der Waals surface area (Å²) >= 11 is 0. The minimum absolute atomic E-state index is 0.458. The smallest absolute Gasteiger partial charge is 0.101 e. The summed E-state index contributed by atoms with van der Waals surface area (Å²) in [5.41, 5.74) is 12.5. The highest BCUT2D eigenvalue weighted by molar-refractivity contribution is 6.32. The topological polar surface area (TPSA) is 67.3 Å². The van der Waals surface area contributed by atoms with Gasteiger partial charge in [-0.3, -0.25) is 0 Å². The molecule has 0 unspecified atom stereocenters. The van der Waals surface area contributed by atoms with Crippen LogP contribution in [-0.2, 0) is 0 Å². The van der Waals surface area contributed by atoms with Crippen LogP contribution in [0.3, 0.4) is 0 Å². The molecule has 0 saturated carbocycles. The number of fused-ring (bicyclic) bond motifs is 18. The van der Waals surface area contributed by atoms with E-state index in [-0.39, 0.29) is 0 Å². The van der Waals surface area contributed by atoms with Gasteiger partial charge < -0.3 is 18.3 Å². The molecule has 0 bridgehead atoms. The van der Waals surface area contributed by atoms with Crippen molar-refractivity contribution in [1.29, 1.82) is 10.5 Å². The normalized spacial score (nSPS) is 12.0. The van der Waals surface area contributed by atoms with Gasteiger partial charge in [0.2, 0.25) is 0 Å². The van der Waals surface area contributed by atoms with Crippen LogP contribution in [0.4, 0.5) is 0 Å². The minimum atomic E-state index is 0.458. The minimum Gasteiger partial charge on any atom is -0.309 e. The van der Waals surface area contributed by atoms with Crippen LogP contribution in [0.25, 0.3) is 132 Å². The van der Waals surface area contributed by atoms with Gasteiger partial charge in [-0.1, -0.05) is 146 Å². The number of nitrogens with zero attached hydrogens (tertiary/aromatic N) is 6. The van der Waals surface area contributed by atoms with E-state index in [1.54, 1.807) is 0 Å². The third kappa shape index (κ3) is 5.03. The molecule has 4 aromatic heterocycles. The molecule has 0 aliphatic rings. The molecule has 0 aliphatic heterocycles. The van der Waals surface area contributed by atoms with Crippen LogP contribution in [0.5, 0.6) is 0 Å². The van der Waals surface area contributed by atoms with E-state index < -0.39 is 0 Å². The van der Waals surface area contributed by atoms with Gasteiger partial charge in [-0.15, -0.1) is 0 Å². The summed E-state index contributed by atoms with van der Waals surface area (Å²) in [6, 6.07) is 82.2. The van der Waals surface area contributed by atoms with E-state index in [2.05, 4.69) is 225 Å². The fraction of sp³-hybridized carbons (Fsp3) is 0. The second-order valence-electron chi connectivity index (χ2n) is 18.2. The number of hydrogen-bond acceptors (Lipinski definition) is 2. The van der Waals surface area contributed by atoms with Crippen LogP contribution < -0.4 is 0 Å². The molecule has 0 aliphatic carbocycles. The molecule has 4 heterocycles. The highest BCUT2D eigenvalue weighted by Crippen LogP contribution is 2.47. The second-order valence-corrected chi connectivity index (χ2v) is 18.2. The fourth-order valence-electron chi connectivity index (χ4n) is 12.0. The van der Waals surface area contributed by atoms with Gasteiger partial charge in [-0.2, -0.15) is 10.5 Å². The van der Waals surface area contributed by atoms with Crippen molar-refractivity contribution in [2.24, 2.45) is 0 Å². The first-order chi connectivity index (χ1) is 34.7. The summed E-state index contributed by atoms with van der Waals surface area (Å²) in [6.07, 6.45) is 0. The first-order valence-electron chi connectivity index (χ1n) is 23.6. The Kier molecular flexibility index (Phi) is 7.82. The van der Waals surface area contributed by atoms with Crippen molar-refractivity contribution >= 4 is 109 Å². The van der Waals surface area contributed by atoms with Gasteiger partial charge in [0.1, 0.15) is 12.1 Å². The summed E-state index contributed by atoms with van der Waals surface area (Å²) in [5.74, 6) is 0. The predicted octanol–water partition coefficient (Wildman–Crippen LogP) is 16.1. The van der Waals surface area contributed by atoms with Crippen molar-refractivity contribution in [2.75, 3.05) is 0 Å². The van der Waals surface area contributed by atoms with E-state index in [0.717, 1.165) is 120 Å². The van der Waals surface area contributed by atoms with Gasteiger partial charge in [0.05, 0.1) is 66.6 Å². The summed E-state index contributed by atoms with van der Waals surface area (Å²) in [4.78, 5) is 0. The van der Waals surface area contributed by atoms with Crippen LogP contribution in [0.1, 0.15) is 11.1 Å². The maximum absolute atomic E-state index is 11.6. The second kappa shape index (κ2) is 14.3. The highest BCUT2D eigenvalue weighted by Gasteiger charge is 2.27. The molecule has 0 spiro atoms. The van der Waals surface area contributed by atoms with Crippen molar-refractivity contribution in [1.82, 2.24) is 18.3 Å². The Bertz CT molecular complexity index is 4530. The summed E-state index contributed by atoms with van der Waals surface area (Å²) < 4.78 is 9.19. The monoisotopic (exact) mass is 888 g/mol. The molecule has 11 aromatic carbocycles. The predicted molar refractivity (Wildman–Crippen MR) is 288 cm³/mol. The van der Waals surface area contributed by atoms with E-state index in [0.29, 0.717) is 22.5 Å². The Balaban J connectivity index is 1.11. The number of benzene rings is 11. The third-order valence-electron chi connectivity index (χ3n) is 14.8. The number of para-hydroxylation sites is 4. The number of rotatable bonds is 4. The first kappa shape index (κ1) is 38.2. The lowest BCUT2D eigenvalue weighted by Gasteiger charge is -2.16. The standard InChI is InChI=1S/C64H36N6/c65-37-41-36-58(70-54-32-28-40-16-8-10-22-46(40)60(54)50-30-34-56-62(64(50)70)48-24-12-14-26-52(48)68(56)44-19-5-2-6-20-44)42(38-66)35-57(41)69-53-31-27-39-15-7-9-21-45(39)59(53)49-29-33-55-61(63(49)69)47-23-11-13-25-51(47)67(55)43-17-3-1-4-18-43/h1-36H. The summed E-state index contributed by atoms with van der Waals surface area (Å²) in [5, 5.41) is 36.4. The molecule has 0 N–H and O–H groups in total. The molecule has 0 fully saturated rings. The molecule has 322 valence electrons. The number of aromatic nitrogens is 4. The summed E-state index contributed by atoms with van der Waals surface area (Å²) in [6.45, 7) is 0. The van der Waals surface area contributed by atoms with Crippen molar-refractivity contribution in [3.63, 3.8) is 0 Å². The van der Waals surface area contributed by atoms with Gasteiger partial charge in [-0.05, 0) is 94.3 Å². The van der Waals surface area contributed by atoms with E-state index in [9.17, 15) is 10.5 Å². The fourth-order valence-corrected chi connectivity index (χ4v) is 12.0. The maximum Gasteiger partial charge on any atom is 0.101 e. The molecule has 15 rings (SSSR count). The molecule has 0 amide bonds. The lowest BCUT2D eigenvalue weighted by Crippen LogP contribution is -2.04. The van der Waals surface area contributed by atoms with Gasteiger partial charge >= 0.3 is 0 Å². The van der Waals surface area contributed by atoms with Gasteiger partial charge in [0.25, 0.3) is 0 Å². The Morgan fingerprint density at radius 2 is 0.629 bits per heavy atom. The van der Waals surface area contributed by atoms with Crippen molar-refractivity contribution < 1.29 is 0 Å². The van der Waals surface area contributed by atoms with Crippen LogP contribution in [0.2, 0.25) is 0 Å². The molecular formula is C64H36N6. The zero-order valence-corrected chi connectivity index (χ0v) is 37.5. The van der Waals surface area contributed by atoms with Gasteiger partial charge in [0, 0.05) is 54.5 Å². The van der Waals surface area contributed by atoms with Gasteiger partial charge in [-0.25, -0.2) is 0 Å². The largest absolute Gasteiger partial charge is 0.309 e. The van der Waals surface area contributed by atoms with Crippen molar-refractivity contribution in [3.8, 4) is 34.9 Å². The Morgan fingerprint density at radius 3 is 1.06 bits per heavy atom. The average molecular weight is 889 g/mol. The Morgan fingerprint density at radius 1 is 0.271 bits per heavy atom. The molecule has 70 heavy (non-hydrogen) atoms. The molecule has 6 heteroatoms. The van der Waals surface area contributed by atoms with Crippen molar-refractivity contribution in [2.45, 2.75) is 0 Å². The van der Waals surface area contributed by atoms with Crippen LogP contribution >= 0.6 is 0 Å². The first-order valence-corrected chi connectivity index (χ1v) is 23.6. The van der Waals surface area contributed by atoms with Crippen LogP contribution in [0.15, 0.2) is 218 Å². The lowest BCUT2D eigenvalue weighted by atomic mass is 10.0. The van der Waals surface area contributed by atoms with E-state index in [1.807, 2.05) is 24.3 Å². The zero-order chi connectivity index (χ0) is 46.2. The Labute approximate surface area is 400 Å². The van der Waals surface area contributed by atoms with E-state index >= 15 is 0 Å². The molecule has 15 aromatic rings. The van der Waals surface area contributed by atoms with E-state index in [4.69, 9.17) is 0 Å². The molecular weight excluding hydrogens is 853 g/mol. The molecule has 0 saturated heterocycles. The number of hydrogen-bond donors (Lipinski definition) is 0. The molecule has 0 radical (unpaired) electrons. The average Bonchev–Trinajstić information content (AvgIpc) is 4.16. The lowest BCUT2D eigenvalue weighted by molar-refractivity contribution is 1.13. The molecule has 6 nitrogen and oxygen atoms in total. The number of nitriles is 2. The van der Waals surface area contributed by atoms with Crippen LogP contribution in [-0.4, -0.2) is 18.3 Å². The van der Waals surface area contributed by atoms with Crippen LogP contribution in [0, 0.1) is 22.7 Å². The highest BCUT2D eigenvalue weighted by atomic mass is 15.0. The SMILES string of the molecule is N#Cc1cc(-n2c3ccc4ccccc4c3c3ccc4c(c5ccccc5n4-c4ccccc4)c32)c(C#N)cc1-n1c2ccc3ccccc3c2c2ccc3c(c4ccccc4n3-c3ccccc3)c21. The maximum atomic E-state index is 11.6. The van der Waals surface area contributed by atoms with E-state index in [1.165, 1.54) is 0 Å². The zero-order valence-electron chi connectivity index (χ0n) is 37.5. The quantitative estimate of drug-likeness (QED) is 0.177.